The van der Waals surface area contributed by atoms with Gasteiger partial charge in [0, 0.05) is 13.2 Å². The van der Waals surface area contributed by atoms with E-state index in [1.165, 1.54) is 0 Å². The first-order chi connectivity index (χ1) is 12.1. The normalized spacial score (nSPS) is 33.0. The van der Waals surface area contributed by atoms with E-state index in [4.69, 9.17) is 9.15 Å². The number of carboxylic acids is 1. The lowest BCUT2D eigenvalue weighted by molar-refractivity contribution is -0.152. The fourth-order valence-corrected chi connectivity index (χ4v) is 4.56. The van der Waals surface area contributed by atoms with Crippen molar-refractivity contribution in [2.24, 2.45) is 23.7 Å². The summed E-state index contributed by atoms with van der Waals surface area (Å²) in [6.45, 7) is 1.57. The van der Waals surface area contributed by atoms with Crippen LogP contribution in [0.2, 0.25) is 0 Å². The molecule has 6 nitrogen and oxygen atoms in total. The molecule has 6 heteroatoms. The first kappa shape index (κ1) is 16.4. The molecule has 1 saturated carbocycles. The van der Waals surface area contributed by atoms with Crippen molar-refractivity contribution < 1.29 is 23.8 Å². The minimum atomic E-state index is -0.870. The highest BCUT2D eigenvalue weighted by Crippen LogP contribution is 2.49. The first-order valence-electron chi connectivity index (χ1n) is 8.97. The summed E-state index contributed by atoms with van der Waals surface area (Å²) in [6.07, 6.45) is 8.29. The number of rotatable bonds is 6. The number of carboxylic acid groups (broad SMARTS) is 1. The molecule has 0 unspecified atom stereocenters. The van der Waals surface area contributed by atoms with Crippen molar-refractivity contribution in [3.05, 3.63) is 36.3 Å². The van der Waals surface area contributed by atoms with Gasteiger partial charge in [-0.2, -0.15) is 0 Å². The standard InChI is InChI=1S/C19H23NO5/c21-18(16-12-5-6-13(9-12)17(16)19(22)23)20(10-14-3-1-7-24-14)11-15-4-2-8-25-15/h1,3,5-7,12-13,15-17H,2,4,8-11H2,(H,22,23)/t12-,13+,15+,16+,17-/m1/s1. The van der Waals surface area contributed by atoms with Crippen LogP contribution in [0.25, 0.3) is 0 Å². The lowest BCUT2D eigenvalue weighted by atomic mass is 9.82. The van der Waals surface area contributed by atoms with E-state index in [1.807, 2.05) is 18.2 Å². The summed E-state index contributed by atoms with van der Waals surface area (Å²) in [4.78, 5) is 26.8. The number of amides is 1. The Bertz CT molecular complexity index is 661. The Balaban J connectivity index is 1.55. The van der Waals surface area contributed by atoms with Crippen LogP contribution < -0.4 is 0 Å². The lowest BCUT2D eigenvalue weighted by Crippen LogP contribution is -2.45. The molecule has 1 saturated heterocycles. The third kappa shape index (κ3) is 3.11. The third-order valence-corrected chi connectivity index (χ3v) is 5.72. The van der Waals surface area contributed by atoms with Crippen molar-refractivity contribution in [1.29, 1.82) is 0 Å². The summed E-state index contributed by atoms with van der Waals surface area (Å²) in [5.41, 5.74) is 0. The Labute approximate surface area is 146 Å². The SMILES string of the molecule is O=C(O)[C@H]1[C@@H](C(=O)N(Cc2ccco2)C[C@@H]2CCCO2)[C@@H]2C=C[C@H]1C2. The number of carbonyl (C=O) groups excluding carboxylic acids is 1. The van der Waals surface area contributed by atoms with Gasteiger partial charge in [-0.3, -0.25) is 9.59 Å². The Kier molecular flexibility index (Phi) is 4.37. The number of hydrogen-bond donors (Lipinski definition) is 1. The van der Waals surface area contributed by atoms with Gasteiger partial charge in [0.25, 0.3) is 0 Å². The zero-order valence-corrected chi connectivity index (χ0v) is 14.0. The van der Waals surface area contributed by atoms with E-state index in [0.29, 0.717) is 18.8 Å². The molecule has 2 heterocycles. The van der Waals surface area contributed by atoms with Crippen LogP contribution in [0.1, 0.15) is 25.0 Å². The van der Waals surface area contributed by atoms with Gasteiger partial charge in [0.1, 0.15) is 5.76 Å². The molecule has 0 spiro atoms. The minimum absolute atomic E-state index is 0.0235. The van der Waals surface area contributed by atoms with Crippen molar-refractivity contribution in [3.8, 4) is 0 Å². The molecule has 1 amide bonds. The molecule has 2 bridgehead atoms. The Morgan fingerprint density at radius 1 is 1.24 bits per heavy atom. The van der Waals surface area contributed by atoms with Gasteiger partial charge in [-0.25, -0.2) is 0 Å². The number of carbonyl (C=O) groups is 2. The van der Waals surface area contributed by atoms with Gasteiger partial charge in [0.05, 0.1) is 30.7 Å². The lowest BCUT2D eigenvalue weighted by Gasteiger charge is -2.31. The monoisotopic (exact) mass is 345 g/mol. The maximum atomic E-state index is 13.3. The van der Waals surface area contributed by atoms with Gasteiger partial charge >= 0.3 is 5.97 Å². The molecule has 0 radical (unpaired) electrons. The quantitative estimate of drug-likeness (QED) is 0.800. The Morgan fingerprint density at radius 3 is 2.68 bits per heavy atom. The number of ether oxygens (including phenoxy) is 1. The predicted octanol–water partition coefficient (Wildman–Crippen LogP) is 2.31. The van der Waals surface area contributed by atoms with Crippen LogP contribution in [0.5, 0.6) is 0 Å². The smallest absolute Gasteiger partial charge is 0.307 e. The highest BCUT2D eigenvalue weighted by atomic mass is 16.5. The fraction of sp³-hybridized carbons (Fsp3) is 0.579. The highest BCUT2D eigenvalue weighted by Gasteiger charge is 2.52. The van der Waals surface area contributed by atoms with Crippen molar-refractivity contribution in [2.75, 3.05) is 13.2 Å². The molecule has 2 aliphatic carbocycles. The van der Waals surface area contributed by atoms with E-state index in [2.05, 4.69) is 0 Å². The van der Waals surface area contributed by atoms with E-state index in [-0.39, 0.29) is 23.8 Å². The van der Waals surface area contributed by atoms with E-state index in [1.54, 1.807) is 17.2 Å². The molecule has 1 aromatic heterocycles. The molecule has 25 heavy (non-hydrogen) atoms. The summed E-state index contributed by atoms with van der Waals surface area (Å²) >= 11 is 0. The van der Waals surface area contributed by atoms with Crippen LogP contribution in [0.15, 0.2) is 35.0 Å². The zero-order chi connectivity index (χ0) is 17.4. The number of hydrogen-bond acceptors (Lipinski definition) is 4. The molecule has 1 aromatic rings. The predicted molar refractivity (Wildman–Crippen MR) is 88.5 cm³/mol. The van der Waals surface area contributed by atoms with Crippen LogP contribution in [-0.4, -0.2) is 41.1 Å². The summed E-state index contributed by atoms with van der Waals surface area (Å²) in [6, 6.07) is 3.63. The average Bonchev–Trinajstić information content (AvgIpc) is 3.36. The largest absolute Gasteiger partial charge is 0.481 e. The number of fused-ring (bicyclic) bond motifs is 2. The molecule has 3 aliphatic rings. The summed E-state index contributed by atoms with van der Waals surface area (Å²) in [7, 11) is 0. The van der Waals surface area contributed by atoms with E-state index >= 15 is 0 Å². The molecule has 1 aliphatic heterocycles. The Morgan fingerprint density at radius 2 is 2.04 bits per heavy atom. The number of allylic oxidation sites excluding steroid dienone is 2. The average molecular weight is 345 g/mol. The number of furan rings is 1. The second kappa shape index (κ2) is 6.67. The number of aliphatic carboxylic acids is 1. The maximum absolute atomic E-state index is 13.3. The van der Waals surface area contributed by atoms with Crippen molar-refractivity contribution in [1.82, 2.24) is 4.90 Å². The molecule has 2 fully saturated rings. The Hall–Kier alpha value is -2.08. The van der Waals surface area contributed by atoms with Gasteiger partial charge in [-0.1, -0.05) is 12.2 Å². The van der Waals surface area contributed by atoms with Gasteiger partial charge in [-0.15, -0.1) is 0 Å². The third-order valence-electron chi connectivity index (χ3n) is 5.72. The summed E-state index contributed by atoms with van der Waals surface area (Å²) < 4.78 is 11.1. The molecule has 134 valence electrons. The van der Waals surface area contributed by atoms with Crippen LogP contribution in [0.4, 0.5) is 0 Å². The molecular weight excluding hydrogens is 322 g/mol. The van der Waals surface area contributed by atoms with Crippen molar-refractivity contribution in [2.45, 2.75) is 31.9 Å². The second-order valence-electron chi connectivity index (χ2n) is 7.27. The zero-order valence-electron chi connectivity index (χ0n) is 14.0. The van der Waals surface area contributed by atoms with E-state index in [0.717, 1.165) is 25.9 Å². The first-order valence-corrected chi connectivity index (χ1v) is 8.97. The van der Waals surface area contributed by atoms with Gasteiger partial charge in [0.2, 0.25) is 5.91 Å². The van der Waals surface area contributed by atoms with Crippen molar-refractivity contribution in [3.63, 3.8) is 0 Å². The minimum Gasteiger partial charge on any atom is -0.481 e. The molecule has 1 N–H and O–H groups in total. The van der Waals surface area contributed by atoms with E-state index < -0.39 is 17.8 Å². The van der Waals surface area contributed by atoms with Gasteiger partial charge in [-0.05, 0) is 43.2 Å². The molecule has 0 aromatic carbocycles. The van der Waals surface area contributed by atoms with Crippen LogP contribution >= 0.6 is 0 Å². The maximum Gasteiger partial charge on any atom is 0.307 e. The second-order valence-corrected chi connectivity index (χ2v) is 7.27. The molecule has 5 atom stereocenters. The van der Waals surface area contributed by atoms with Crippen LogP contribution in [0, 0.1) is 23.7 Å². The van der Waals surface area contributed by atoms with Crippen LogP contribution in [0.3, 0.4) is 0 Å². The van der Waals surface area contributed by atoms with Crippen LogP contribution in [-0.2, 0) is 20.9 Å². The topological polar surface area (TPSA) is 80.0 Å². The van der Waals surface area contributed by atoms with Crippen molar-refractivity contribution >= 4 is 11.9 Å². The molecule has 4 rings (SSSR count). The summed E-state index contributed by atoms with van der Waals surface area (Å²) in [5, 5.41) is 9.63. The van der Waals surface area contributed by atoms with Gasteiger partial charge < -0.3 is 19.2 Å². The highest BCUT2D eigenvalue weighted by molar-refractivity contribution is 5.87. The molecular formula is C19H23NO5. The summed E-state index contributed by atoms with van der Waals surface area (Å²) in [5.74, 6) is -1.35. The fourth-order valence-electron chi connectivity index (χ4n) is 4.56. The number of nitrogens with zero attached hydrogens (tertiary/aromatic N) is 1. The van der Waals surface area contributed by atoms with E-state index in [9.17, 15) is 14.7 Å². The van der Waals surface area contributed by atoms with Gasteiger partial charge in [0.15, 0.2) is 0 Å².